The highest BCUT2D eigenvalue weighted by atomic mass is 19.1. The summed E-state index contributed by atoms with van der Waals surface area (Å²) < 4.78 is 14.3. The molecule has 0 aliphatic rings. The summed E-state index contributed by atoms with van der Waals surface area (Å²) in [6.07, 6.45) is 1.21. The smallest absolute Gasteiger partial charge is 0.338 e. The van der Waals surface area contributed by atoms with Gasteiger partial charge in [-0.15, -0.1) is 5.10 Å². The van der Waals surface area contributed by atoms with Gasteiger partial charge in [0.25, 0.3) is 5.91 Å². The lowest BCUT2D eigenvalue weighted by molar-refractivity contribution is 0.0769. The van der Waals surface area contributed by atoms with Crippen LogP contribution in [0.2, 0.25) is 0 Å². The number of alkyl halides is 1. The Labute approximate surface area is 113 Å². The third-order valence-corrected chi connectivity index (χ3v) is 2.97. The molecular weight excluding hydrogens is 267 g/mol. The molecule has 8 nitrogen and oxygen atoms in total. The fourth-order valence-electron chi connectivity index (χ4n) is 1.87. The standard InChI is InChI=1S/C11H15FN6O2/c1-3-16(4-2)10(19)8-9-14-15-18(6-5-12)11(20)17(9)7-13-8/h7H,3-6H2,1-2H3. The SMILES string of the molecule is CCN(CC)C(=O)c1ncn2c(=O)n(CCF)nnc12. The maximum absolute atomic E-state index is 12.3. The van der Waals surface area contributed by atoms with Crippen molar-refractivity contribution in [2.45, 2.75) is 20.4 Å². The zero-order valence-corrected chi connectivity index (χ0v) is 11.3. The largest absolute Gasteiger partial charge is 0.353 e. The van der Waals surface area contributed by atoms with Crippen molar-refractivity contribution in [3.63, 3.8) is 0 Å². The Morgan fingerprint density at radius 3 is 2.70 bits per heavy atom. The second-order valence-corrected chi connectivity index (χ2v) is 4.05. The van der Waals surface area contributed by atoms with Crippen molar-refractivity contribution in [1.82, 2.24) is 29.3 Å². The second-order valence-electron chi connectivity index (χ2n) is 4.05. The van der Waals surface area contributed by atoms with Crippen LogP contribution >= 0.6 is 0 Å². The molecule has 9 heteroatoms. The average molecular weight is 282 g/mol. The number of aryl methyl sites for hydroxylation is 1. The van der Waals surface area contributed by atoms with Gasteiger partial charge in [0.05, 0.1) is 6.54 Å². The van der Waals surface area contributed by atoms with Gasteiger partial charge in [-0.1, -0.05) is 5.21 Å². The van der Waals surface area contributed by atoms with E-state index in [9.17, 15) is 14.0 Å². The molecule has 2 rings (SSSR count). The average Bonchev–Trinajstić information content (AvgIpc) is 2.88. The van der Waals surface area contributed by atoms with E-state index in [1.807, 2.05) is 13.8 Å². The van der Waals surface area contributed by atoms with Crippen molar-refractivity contribution >= 4 is 11.6 Å². The Kier molecular flexibility index (Phi) is 4.06. The van der Waals surface area contributed by atoms with Crippen LogP contribution in [0.4, 0.5) is 4.39 Å². The van der Waals surface area contributed by atoms with Gasteiger partial charge < -0.3 is 4.90 Å². The minimum atomic E-state index is -0.722. The molecule has 0 spiro atoms. The highest BCUT2D eigenvalue weighted by Gasteiger charge is 2.21. The molecule has 0 saturated heterocycles. The summed E-state index contributed by atoms with van der Waals surface area (Å²) in [5, 5.41) is 7.40. The van der Waals surface area contributed by atoms with E-state index in [1.165, 1.54) is 6.33 Å². The monoisotopic (exact) mass is 282 g/mol. The lowest BCUT2D eigenvalue weighted by Crippen LogP contribution is -2.33. The van der Waals surface area contributed by atoms with Crippen molar-refractivity contribution in [3.8, 4) is 0 Å². The zero-order chi connectivity index (χ0) is 14.7. The first-order chi connectivity index (χ1) is 9.63. The van der Waals surface area contributed by atoms with Crippen LogP contribution in [0.3, 0.4) is 0 Å². The predicted molar refractivity (Wildman–Crippen MR) is 68.3 cm³/mol. The van der Waals surface area contributed by atoms with Crippen LogP contribution < -0.4 is 5.69 Å². The Balaban J connectivity index is 2.51. The summed E-state index contributed by atoms with van der Waals surface area (Å²) in [6, 6.07) is 0. The summed E-state index contributed by atoms with van der Waals surface area (Å²) >= 11 is 0. The summed E-state index contributed by atoms with van der Waals surface area (Å²) in [6.45, 7) is 3.85. The molecule has 0 radical (unpaired) electrons. The first-order valence-electron chi connectivity index (χ1n) is 6.30. The number of hydrogen-bond acceptors (Lipinski definition) is 5. The van der Waals surface area contributed by atoms with Crippen LogP contribution in [0, 0.1) is 0 Å². The van der Waals surface area contributed by atoms with Gasteiger partial charge in [0.2, 0.25) is 0 Å². The third kappa shape index (κ3) is 2.26. The fourth-order valence-corrected chi connectivity index (χ4v) is 1.87. The number of imidazole rings is 1. The molecule has 0 aliphatic carbocycles. The molecule has 2 heterocycles. The van der Waals surface area contributed by atoms with Gasteiger partial charge in [0.15, 0.2) is 11.3 Å². The fraction of sp³-hybridized carbons (Fsp3) is 0.545. The minimum absolute atomic E-state index is 0.0747. The van der Waals surface area contributed by atoms with E-state index in [0.29, 0.717) is 13.1 Å². The number of carbonyl (C=O) groups excluding carboxylic acids is 1. The first-order valence-corrected chi connectivity index (χ1v) is 6.30. The Morgan fingerprint density at radius 1 is 1.40 bits per heavy atom. The van der Waals surface area contributed by atoms with E-state index in [0.717, 1.165) is 9.08 Å². The summed E-state index contributed by atoms with van der Waals surface area (Å²) in [5.41, 5.74) is -0.411. The molecule has 108 valence electrons. The van der Waals surface area contributed by atoms with E-state index in [-0.39, 0.29) is 23.8 Å². The van der Waals surface area contributed by atoms with Crippen LogP contribution in [0.15, 0.2) is 11.1 Å². The van der Waals surface area contributed by atoms with Crippen LogP contribution in [-0.4, -0.2) is 54.9 Å². The topological polar surface area (TPSA) is 85.4 Å². The molecule has 0 bridgehead atoms. The zero-order valence-electron chi connectivity index (χ0n) is 11.3. The Hall–Kier alpha value is -2.32. The minimum Gasteiger partial charge on any atom is -0.338 e. The molecule has 0 saturated carbocycles. The van der Waals surface area contributed by atoms with Crippen molar-refractivity contribution in [1.29, 1.82) is 0 Å². The van der Waals surface area contributed by atoms with Crippen LogP contribution in [0.1, 0.15) is 24.3 Å². The first kappa shape index (κ1) is 14.1. The molecule has 0 atom stereocenters. The molecule has 0 fully saturated rings. The Morgan fingerprint density at radius 2 is 2.10 bits per heavy atom. The molecular formula is C11H15FN6O2. The number of aromatic nitrogens is 5. The number of amides is 1. The highest BCUT2D eigenvalue weighted by Crippen LogP contribution is 2.07. The van der Waals surface area contributed by atoms with Gasteiger partial charge in [-0.25, -0.2) is 18.6 Å². The molecule has 2 aromatic heterocycles. The summed E-state index contributed by atoms with van der Waals surface area (Å²) in [5.74, 6) is -0.311. The number of carbonyl (C=O) groups is 1. The van der Waals surface area contributed by atoms with Gasteiger partial charge >= 0.3 is 5.69 Å². The number of rotatable bonds is 5. The highest BCUT2D eigenvalue weighted by molar-refractivity contribution is 5.97. The molecule has 0 N–H and O–H groups in total. The molecule has 1 amide bonds. The number of halogens is 1. The molecule has 0 aliphatic heterocycles. The van der Waals surface area contributed by atoms with E-state index in [4.69, 9.17) is 0 Å². The third-order valence-electron chi connectivity index (χ3n) is 2.97. The molecule has 0 aromatic carbocycles. The summed E-state index contributed by atoms with van der Waals surface area (Å²) in [4.78, 5) is 29.7. The van der Waals surface area contributed by atoms with E-state index >= 15 is 0 Å². The summed E-state index contributed by atoms with van der Waals surface area (Å²) in [7, 11) is 0. The predicted octanol–water partition coefficient (Wildman–Crippen LogP) is -0.262. The van der Waals surface area contributed by atoms with Crippen LogP contribution in [0.25, 0.3) is 5.65 Å². The number of nitrogens with zero attached hydrogens (tertiary/aromatic N) is 6. The lowest BCUT2D eigenvalue weighted by atomic mass is 10.3. The van der Waals surface area contributed by atoms with Crippen molar-refractivity contribution in [2.75, 3.05) is 19.8 Å². The second kappa shape index (κ2) is 5.76. The van der Waals surface area contributed by atoms with E-state index in [2.05, 4.69) is 15.3 Å². The van der Waals surface area contributed by atoms with E-state index < -0.39 is 12.4 Å². The van der Waals surface area contributed by atoms with Crippen molar-refractivity contribution in [2.24, 2.45) is 0 Å². The number of fused-ring (bicyclic) bond motifs is 1. The van der Waals surface area contributed by atoms with E-state index in [1.54, 1.807) is 4.90 Å². The van der Waals surface area contributed by atoms with Gasteiger partial charge in [-0.05, 0) is 13.8 Å². The maximum atomic E-state index is 12.3. The van der Waals surface area contributed by atoms with Crippen molar-refractivity contribution in [3.05, 3.63) is 22.5 Å². The quantitative estimate of drug-likeness (QED) is 0.754. The maximum Gasteiger partial charge on any atom is 0.353 e. The van der Waals surface area contributed by atoms with Crippen LogP contribution in [-0.2, 0) is 6.54 Å². The van der Waals surface area contributed by atoms with Gasteiger partial charge in [0.1, 0.15) is 13.0 Å². The lowest BCUT2D eigenvalue weighted by Gasteiger charge is -2.16. The van der Waals surface area contributed by atoms with Crippen molar-refractivity contribution < 1.29 is 9.18 Å². The van der Waals surface area contributed by atoms with Crippen LogP contribution in [0.5, 0.6) is 0 Å². The van der Waals surface area contributed by atoms with Gasteiger partial charge in [-0.2, -0.15) is 4.68 Å². The molecule has 0 unspecified atom stereocenters. The normalized spacial score (nSPS) is 10.9. The van der Waals surface area contributed by atoms with Gasteiger partial charge in [0, 0.05) is 13.1 Å². The van der Waals surface area contributed by atoms with Gasteiger partial charge in [-0.3, -0.25) is 4.79 Å². The number of hydrogen-bond donors (Lipinski definition) is 0. The molecule has 2 aromatic rings. The molecule has 20 heavy (non-hydrogen) atoms. The Bertz CT molecular complexity index is 675.